The highest BCUT2D eigenvalue weighted by Crippen LogP contribution is 2.29. The molecule has 3 nitrogen and oxygen atoms in total. The minimum absolute atomic E-state index is 0.681. The topological polar surface area (TPSA) is 19.4 Å². The fraction of sp³-hybridized carbons (Fsp3) is 0.421. The molecular formula is C19H23N3. The molecule has 1 aromatic carbocycles. The van der Waals surface area contributed by atoms with Crippen LogP contribution in [0.3, 0.4) is 0 Å². The Morgan fingerprint density at radius 1 is 0.864 bits per heavy atom. The van der Waals surface area contributed by atoms with E-state index >= 15 is 0 Å². The van der Waals surface area contributed by atoms with Gasteiger partial charge in [-0.05, 0) is 37.4 Å². The predicted molar refractivity (Wildman–Crippen MR) is 91.1 cm³/mol. The number of rotatable bonds is 2. The Labute approximate surface area is 132 Å². The maximum Gasteiger partial charge on any atom is 0.0561 e. The smallest absolute Gasteiger partial charge is 0.0561 e. The number of benzene rings is 1. The molecule has 114 valence electrons. The number of aromatic nitrogens is 1. The standard InChI is InChI=1S/C19H23N3/c1-2-5-16(6-3-1)17-13-19(15-20-14-17)22-12-11-21-9-4-7-18(22)8-10-21/h1-3,5-6,13-15,18H,4,7-12H2. The van der Waals surface area contributed by atoms with Gasteiger partial charge in [0.2, 0.25) is 0 Å². The van der Waals surface area contributed by atoms with Gasteiger partial charge in [0, 0.05) is 37.4 Å². The monoisotopic (exact) mass is 293 g/mol. The van der Waals surface area contributed by atoms with E-state index in [0.29, 0.717) is 6.04 Å². The molecule has 2 atom stereocenters. The first-order chi connectivity index (χ1) is 10.9. The van der Waals surface area contributed by atoms with Crippen molar-refractivity contribution in [2.45, 2.75) is 25.3 Å². The highest BCUT2D eigenvalue weighted by molar-refractivity contribution is 5.67. The summed E-state index contributed by atoms with van der Waals surface area (Å²) in [5, 5.41) is 0. The molecule has 3 heteroatoms. The second kappa shape index (κ2) is 6.09. The maximum absolute atomic E-state index is 4.52. The lowest BCUT2D eigenvalue weighted by atomic mass is 10.0. The molecule has 1 aromatic heterocycles. The van der Waals surface area contributed by atoms with Gasteiger partial charge in [-0.3, -0.25) is 4.98 Å². The first-order valence-electron chi connectivity index (χ1n) is 8.39. The van der Waals surface area contributed by atoms with E-state index in [9.17, 15) is 0 Å². The summed E-state index contributed by atoms with van der Waals surface area (Å²) in [6.45, 7) is 4.86. The number of nitrogens with zero attached hydrogens (tertiary/aromatic N) is 3. The van der Waals surface area contributed by atoms with E-state index in [-0.39, 0.29) is 0 Å². The van der Waals surface area contributed by atoms with Crippen molar-refractivity contribution in [3.8, 4) is 11.1 Å². The van der Waals surface area contributed by atoms with E-state index < -0.39 is 0 Å². The SMILES string of the molecule is c1ccc(-c2cncc(N3CCN4CCCC3CC4)c2)cc1. The molecule has 2 fully saturated rings. The Kier molecular flexibility index (Phi) is 3.81. The summed E-state index contributed by atoms with van der Waals surface area (Å²) >= 11 is 0. The van der Waals surface area contributed by atoms with Crippen molar-refractivity contribution < 1.29 is 0 Å². The average Bonchev–Trinajstić information content (AvgIpc) is 2.92. The molecule has 4 rings (SSSR count). The molecule has 2 saturated heterocycles. The summed E-state index contributed by atoms with van der Waals surface area (Å²) in [6, 6.07) is 13.6. The van der Waals surface area contributed by atoms with Crippen molar-refractivity contribution in [1.29, 1.82) is 0 Å². The van der Waals surface area contributed by atoms with Crippen LogP contribution in [0.4, 0.5) is 5.69 Å². The fourth-order valence-electron chi connectivity index (χ4n) is 3.82. The van der Waals surface area contributed by atoms with Crippen LogP contribution in [-0.4, -0.2) is 42.1 Å². The van der Waals surface area contributed by atoms with Gasteiger partial charge in [-0.2, -0.15) is 0 Å². The quantitative estimate of drug-likeness (QED) is 0.845. The van der Waals surface area contributed by atoms with Crippen molar-refractivity contribution in [3.05, 3.63) is 48.8 Å². The summed E-state index contributed by atoms with van der Waals surface area (Å²) < 4.78 is 0. The summed E-state index contributed by atoms with van der Waals surface area (Å²) in [6.07, 6.45) is 7.94. The lowest BCUT2D eigenvalue weighted by Gasteiger charge is -2.33. The highest BCUT2D eigenvalue weighted by Gasteiger charge is 2.27. The molecule has 2 aliphatic rings. The summed E-state index contributed by atoms with van der Waals surface area (Å²) in [7, 11) is 0. The third kappa shape index (κ3) is 2.73. The minimum Gasteiger partial charge on any atom is -0.366 e. The molecule has 22 heavy (non-hydrogen) atoms. The lowest BCUT2D eigenvalue weighted by molar-refractivity contribution is 0.298. The van der Waals surface area contributed by atoms with Gasteiger partial charge in [0.15, 0.2) is 0 Å². The van der Waals surface area contributed by atoms with Crippen LogP contribution in [0, 0.1) is 0 Å². The largest absolute Gasteiger partial charge is 0.366 e. The summed E-state index contributed by atoms with van der Waals surface area (Å²) in [4.78, 5) is 9.73. The predicted octanol–water partition coefficient (Wildman–Crippen LogP) is 3.42. The van der Waals surface area contributed by atoms with Crippen molar-refractivity contribution in [1.82, 2.24) is 9.88 Å². The number of hydrogen-bond acceptors (Lipinski definition) is 3. The van der Waals surface area contributed by atoms with Gasteiger partial charge in [-0.15, -0.1) is 0 Å². The number of hydrogen-bond donors (Lipinski definition) is 0. The van der Waals surface area contributed by atoms with Crippen LogP contribution in [-0.2, 0) is 0 Å². The normalized spacial score (nSPS) is 24.8. The molecule has 2 aliphatic heterocycles. The van der Waals surface area contributed by atoms with Crippen molar-refractivity contribution >= 4 is 5.69 Å². The molecule has 0 spiro atoms. The van der Waals surface area contributed by atoms with Crippen LogP contribution in [0.1, 0.15) is 19.3 Å². The molecule has 0 N–H and O–H groups in total. The highest BCUT2D eigenvalue weighted by atomic mass is 15.2. The molecule has 0 saturated carbocycles. The van der Waals surface area contributed by atoms with Crippen molar-refractivity contribution in [2.24, 2.45) is 0 Å². The number of fused-ring (bicyclic) bond motifs is 3. The lowest BCUT2D eigenvalue weighted by Crippen LogP contribution is -2.39. The van der Waals surface area contributed by atoms with Crippen LogP contribution in [0.5, 0.6) is 0 Å². The van der Waals surface area contributed by atoms with Crippen LogP contribution >= 0.6 is 0 Å². The van der Waals surface area contributed by atoms with Crippen LogP contribution < -0.4 is 4.90 Å². The summed E-state index contributed by atoms with van der Waals surface area (Å²) in [5.41, 5.74) is 3.75. The Hall–Kier alpha value is -1.87. The Balaban J connectivity index is 1.65. The molecule has 2 aromatic rings. The van der Waals surface area contributed by atoms with E-state index in [1.807, 2.05) is 12.4 Å². The third-order valence-corrected chi connectivity index (χ3v) is 5.05. The van der Waals surface area contributed by atoms with E-state index in [1.165, 1.54) is 55.7 Å². The van der Waals surface area contributed by atoms with Gasteiger partial charge >= 0.3 is 0 Å². The molecule has 2 unspecified atom stereocenters. The fourth-order valence-corrected chi connectivity index (χ4v) is 3.82. The van der Waals surface area contributed by atoms with Crippen molar-refractivity contribution in [2.75, 3.05) is 31.1 Å². The Bertz CT molecular complexity index is 626. The first-order valence-corrected chi connectivity index (χ1v) is 8.39. The van der Waals surface area contributed by atoms with Crippen LogP contribution in [0.25, 0.3) is 11.1 Å². The number of anilines is 1. The zero-order valence-electron chi connectivity index (χ0n) is 13.0. The zero-order valence-corrected chi connectivity index (χ0v) is 13.0. The van der Waals surface area contributed by atoms with Gasteiger partial charge in [0.25, 0.3) is 0 Å². The van der Waals surface area contributed by atoms with E-state index in [1.54, 1.807) is 0 Å². The van der Waals surface area contributed by atoms with Gasteiger partial charge in [0.05, 0.1) is 11.9 Å². The first kappa shape index (κ1) is 13.8. The Morgan fingerprint density at radius 3 is 2.68 bits per heavy atom. The van der Waals surface area contributed by atoms with Gasteiger partial charge in [-0.25, -0.2) is 0 Å². The van der Waals surface area contributed by atoms with E-state index in [2.05, 4.69) is 51.2 Å². The van der Waals surface area contributed by atoms with E-state index in [4.69, 9.17) is 0 Å². The van der Waals surface area contributed by atoms with Crippen LogP contribution in [0.15, 0.2) is 48.8 Å². The molecule has 0 radical (unpaired) electrons. The van der Waals surface area contributed by atoms with Gasteiger partial charge in [-0.1, -0.05) is 30.3 Å². The van der Waals surface area contributed by atoms with E-state index in [0.717, 1.165) is 6.54 Å². The maximum atomic E-state index is 4.52. The molecule has 0 amide bonds. The van der Waals surface area contributed by atoms with Crippen LogP contribution in [0.2, 0.25) is 0 Å². The molecular weight excluding hydrogens is 270 g/mol. The second-order valence-electron chi connectivity index (χ2n) is 6.42. The van der Waals surface area contributed by atoms with Gasteiger partial charge < -0.3 is 9.80 Å². The molecule has 3 heterocycles. The third-order valence-electron chi connectivity index (χ3n) is 5.05. The second-order valence-corrected chi connectivity index (χ2v) is 6.42. The molecule has 0 aliphatic carbocycles. The Morgan fingerprint density at radius 2 is 1.77 bits per heavy atom. The number of pyridine rings is 1. The van der Waals surface area contributed by atoms with Gasteiger partial charge in [0.1, 0.15) is 0 Å². The van der Waals surface area contributed by atoms with Crippen molar-refractivity contribution in [3.63, 3.8) is 0 Å². The summed E-state index contributed by atoms with van der Waals surface area (Å²) in [5.74, 6) is 0. The average molecular weight is 293 g/mol. The minimum atomic E-state index is 0.681. The zero-order chi connectivity index (χ0) is 14.8. The molecule has 2 bridgehead atoms.